The maximum atomic E-state index is 8.55. The normalized spacial score (nSPS) is 9.08. The summed E-state index contributed by atoms with van der Waals surface area (Å²) in [6.45, 7) is 0. The average Bonchev–Trinajstić information content (AvgIpc) is 1.12. The van der Waals surface area contributed by atoms with Crippen LogP contribution < -0.4 is 29.4 Å². The molecular weight excluding hydrogens is 278 g/mol. The molecular formula is FeO10P2. The van der Waals surface area contributed by atoms with Gasteiger partial charge in [0.1, 0.15) is 0 Å². The molecule has 0 rings (SSSR count). The van der Waals surface area contributed by atoms with E-state index in [0.717, 1.165) is 0 Å². The Bertz CT molecular complexity index is 125. The number of rotatable bonds is 0. The van der Waals surface area contributed by atoms with Crippen molar-refractivity contribution >= 4 is 15.6 Å². The monoisotopic (exact) mass is 278 g/mol. The van der Waals surface area contributed by atoms with E-state index in [1.165, 1.54) is 0 Å². The van der Waals surface area contributed by atoms with E-state index in [-0.39, 0.29) is 28.0 Å². The van der Waals surface area contributed by atoms with Crippen molar-refractivity contribution in [1.82, 2.24) is 0 Å². The van der Waals surface area contributed by atoms with Gasteiger partial charge in [-0.25, -0.2) is 0 Å². The molecule has 8 radical (unpaired) electrons. The minimum absolute atomic E-state index is 0. The van der Waals surface area contributed by atoms with Crippen LogP contribution in [0, 0.1) is 0 Å². The van der Waals surface area contributed by atoms with Crippen LogP contribution in [0.3, 0.4) is 0 Å². The third-order valence-electron chi connectivity index (χ3n) is 0. The Morgan fingerprint density at radius 3 is 0.615 bits per heavy atom. The molecule has 0 aromatic heterocycles. The maximum Gasteiger partial charge on any atom is 2.00 e. The van der Waals surface area contributed by atoms with E-state index in [1.54, 1.807) is 0 Å². The van der Waals surface area contributed by atoms with Crippen LogP contribution >= 0.6 is 15.6 Å². The molecule has 0 heterocycles. The Kier molecular flexibility index (Phi) is 24.1. The van der Waals surface area contributed by atoms with Gasteiger partial charge in [-0.2, -0.15) is 15.6 Å². The van der Waals surface area contributed by atoms with Gasteiger partial charge in [0.2, 0.25) is 0 Å². The smallest absolute Gasteiger partial charge is 0.822 e. The van der Waals surface area contributed by atoms with Crippen LogP contribution in [0.5, 0.6) is 0 Å². The van der Waals surface area contributed by atoms with Gasteiger partial charge in [0.25, 0.3) is 0 Å². The molecule has 0 unspecified atom stereocenters. The number of hydrogen-bond donors (Lipinski definition) is 0. The Morgan fingerprint density at radius 2 is 0.615 bits per heavy atom. The van der Waals surface area contributed by atoms with Gasteiger partial charge in [0.05, 0.1) is 0 Å². The van der Waals surface area contributed by atoms with E-state index in [9.17, 15) is 0 Å². The summed E-state index contributed by atoms with van der Waals surface area (Å²) < 4.78 is 17.1. The predicted octanol–water partition coefficient (Wildman–Crippen LogP) is -5.89. The molecule has 0 fully saturated rings. The molecule has 78 valence electrons. The van der Waals surface area contributed by atoms with Crippen LogP contribution in [0.4, 0.5) is 0 Å². The first kappa shape index (κ1) is 29.2. The molecule has 0 saturated heterocycles. The molecule has 0 amide bonds. The van der Waals surface area contributed by atoms with Crippen molar-refractivity contribution in [1.29, 1.82) is 0 Å². The minimum atomic E-state index is -5.39. The second-order valence-corrected chi connectivity index (χ2v) is 2.68. The van der Waals surface area contributed by atoms with Gasteiger partial charge in [-0.05, 0) is 0 Å². The zero-order valence-corrected chi connectivity index (χ0v) is 8.22. The second kappa shape index (κ2) is 10.7. The molecule has 0 N–H and O–H groups in total. The van der Waals surface area contributed by atoms with Crippen LogP contribution in [0.25, 0.3) is 0 Å². The zero-order chi connectivity index (χ0) is 9.00. The summed E-state index contributed by atoms with van der Waals surface area (Å²) in [6, 6.07) is 0. The Hall–Kier alpha value is 0.659. The van der Waals surface area contributed by atoms with Crippen LogP contribution in [-0.2, 0) is 37.2 Å². The standard InChI is InChI=1S/Fe.2H3O4P.2O/c;2*1-5(2,3)4;;/h;2*(H3,1,2,3,4);;/q+2;;;2*+2/p-6. The summed E-state index contributed by atoms with van der Waals surface area (Å²) in [5.74, 6) is 0. The maximum absolute atomic E-state index is 8.55. The average molecular weight is 278 g/mol. The van der Waals surface area contributed by atoms with E-state index in [4.69, 9.17) is 38.5 Å². The van der Waals surface area contributed by atoms with Crippen molar-refractivity contribution in [2.75, 3.05) is 0 Å². The van der Waals surface area contributed by atoms with E-state index >= 15 is 0 Å². The fraction of sp³-hybridized carbons (Fsp3) is 0. The summed E-state index contributed by atoms with van der Waals surface area (Å²) in [7, 11) is -10.8. The Morgan fingerprint density at radius 1 is 0.615 bits per heavy atom. The molecule has 0 saturated carbocycles. The molecule has 0 aliphatic carbocycles. The molecule has 0 aliphatic rings. The van der Waals surface area contributed by atoms with Crippen LogP contribution in [0.1, 0.15) is 0 Å². The van der Waals surface area contributed by atoms with Crippen LogP contribution in [0.15, 0.2) is 0 Å². The van der Waals surface area contributed by atoms with Gasteiger partial charge in [-0.15, -0.1) is 0 Å². The molecule has 0 aliphatic heterocycles. The van der Waals surface area contributed by atoms with E-state index in [0.29, 0.717) is 0 Å². The minimum Gasteiger partial charge on any atom is -0.822 e. The molecule has 10 nitrogen and oxygen atoms in total. The van der Waals surface area contributed by atoms with Gasteiger partial charge in [0, 0.05) is 0 Å². The van der Waals surface area contributed by atoms with Gasteiger partial charge in [0.15, 0.2) is 0 Å². The quantitative estimate of drug-likeness (QED) is 0.304. The molecule has 0 aromatic carbocycles. The first-order valence-corrected chi connectivity index (χ1v) is 4.38. The van der Waals surface area contributed by atoms with Crippen molar-refractivity contribution in [2.24, 2.45) is 0 Å². The van der Waals surface area contributed by atoms with Crippen molar-refractivity contribution in [2.45, 2.75) is 0 Å². The molecule has 13 heteroatoms. The van der Waals surface area contributed by atoms with E-state index in [2.05, 4.69) is 0 Å². The Balaban J connectivity index is -0.0000000267. The molecule has 0 aromatic rings. The SMILES string of the molecule is O=P([O-])([O-])[O-].O=P([O-])([O-])[O-].[Fe+2].[O+2].[O+2]. The third-order valence-corrected chi connectivity index (χ3v) is 0. The van der Waals surface area contributed by atoms with Crippen molar-refractivity contribution in [3.63, 3.8) is 0 Å². The van der Waals surface area contributed by atoms with Gasteiger partial charge in [-0.1, -0.05) is 0 Å². The molecule has 0 bridgehead atoms. The molecule has 0 atom stereocenters. The third kappa shape index (κ3) is 3310. The fourth-order valence-corrected chi connectivity index (χ4v) is 0. The van der Waals surface area contributed by atoms with Crippen molar-refractivity contribution in [3.8, 4) is 0 Å². The first-order chi connectivity index (χ1) is 4.00. The van der Waals surface area contributed by atoms with Crippen LogP contribution in [0.2, 0.25) is 0 Å². The predicted molar refractivity (Wildman–Crippen MR) is 16.6 cm³/mol. The summed E-state index contributed by atoms with van der Waals surface area (Å²) in [5.41, 5.74) is 0. The van der Waals surface area contributed by atoms with Gasteiger partial charge >= 0.3 is 28.0 Å². The zero-order valence-electron chi connectivity index (χ0n) is 5.33. The molecule has 0 spiro atoms. The molecule has 13 heavy (non-hydrogen) atoms. The van der Waals surface area contributed by atoms with Crippen LogP contribution in [-0.4, -0.2) is 0 Å². The largest absolute Gasteiger partial charge is 2.00 e. The summed E-state index contributed by atoms with van der Waals surface area (Å²) in [4.78, 5) is 51.3. The Labute approximate surface area is 82.8 Å². The summed E-state index contributed by atoms with van der Waals surface area (Å²) in [6.07, 6.45) is 0. The fourth-order valence-electron chi connectivity index (χ4n) is 0. The van der Waals surface area contributed by atoms with E-state index in [1.807, 2.05) is 0 Å². The van der Waals surface area contributed by atoms with E-state index < -0.39 is 15.6 Å². The topological polar surface area (TPSA) is 230 Å². The second-order valence-electron chi connectivity index (χ2n) is 0.894. The van der Waals surface area contributed by atoms with Gasteiger partial charge in [-0.3, -0.25) is 0 Å². The number of hydrogen-bond acceptors (Lipinski definition) is 8. The summed E-state index contributed by atoms with van der Waals surface area (Å²) in [5, 5.41) is 0. The first-order valence-electron chi connectivity index (χ1n) is 1.46. The number of phosphoric acid groups is 2. The summed E-state index contributed by atoms with van der Waals surface area (Å²) >= 11 is 0. The van der Waals surface area contributed by atoms with Crippen molar-refractivity contribution in [3.05, 3.63) is 0 Å². The van der Waals surface area contributed by atoms with Crippen molar-refractivity contribution < 1.29 is 66.5 Å². The van der Waals surface area contributed by atoms with Gasteiger partial charge < -0.3 is 38.5 Å².